The van der Waals surface area contributed by atoms with Gasteiger partial charge in [-0.05, 0) is 29.9 Å². The number of halogens is 2. The summed E-state index contributed by atoms with van der Waals surface area (Å²) in [5, 5.41) is 0. The van der Waals surface area contributed by atoms with Crippen molar-refractivity contribution in [3.8, 4) is 0 Å². The van der Waals surface area contributed by atoms with Gasteiger partial charge in [0.1, 0.15) is 11.5 Å². The number of allylic oxidation sites excluding steroid dienone is 3. The third-order valence-corrected chi connectivity index (χ3v) is 3.26. The molecule has 5 heteroatoms. The summed E-state index contributed by atoms with van der Waals surface area (Å²) in [6, 6.07) is 0. The van der Waals surface area contributed by atoms with Crippen LogP contribution in [0.25, 0.3) is 0 Å². The van der Waals surface area contributed by atoms with E-state index < -0.39 is 0 Å². The summed E-state index contributed by atoms with van der Waals surface area (Å²) >= 11 is 0. The van der Waals surface area contributed by atoms with E-state index in [2.05, 4.69) is 22.1 Å². The molecule has 0 radical (unpaired) electrons. The molecule has 4 aliphatic rings. The topological polar surface area (TPSA) is 34.0 Å². The molecule has 0 aromatic heterocycles. The van der Waals surface area contributed by atoms with Crippen LogP contribution in [0.15, 0.2) is 69.4 Å². The summed E-state index contributed by atoms with van der Waals surface area (Å²) in [5.74, 6) is 0.896. The van der Waals surface area contributed by atoms with Crippen LogP contribution in [0, 0.1) is 5.41 Å². The Labute approximate surface area is 117 Å². The van der Waals surface area contributed by atoms with E-state index in [1.165, 1.54) is 0 Å². The first-order valence-electron chi connectivity index (χ1n) is 5.17. The Morgan fingerprint density at radius 2 is 2.06 bits per heavy atom. The quantitative estimate of drug-likeness (QED) is 0.671. The fourth-order valence-corrected chi connectivity index (χ4v) is 2.46. The van der Waals surface area contributed by atoms with E-state index in [0.29, 0.717) is 0 Å². The number of aliphatic imine (C=N–C) groups is 2. The molecule has 92 valence electrons. The van der Waals surface area contributed by atoms with Crippen molar-refractivity contribution in [1.82, 2.24) is 0 Å². The maximum Gasteiger partial charge on any atom is 0.148 e. The van der Waals surface area contributed by atoms with Crippen LogP contribution in [-0.4, -0.2) is 12.4 Å². The Kier molecular flexibility index (Phi) is 3.05. The SMILES string of the molecule is C1=CC23C=COC2=C2N=CC=C2C=C3C=N1.Cl.Cl. The van der Waals surface area contributed by atoms with Crippen LogP contribution in [0.3, 0.4) is 0 Å². The summed E-state index contributed by atoms with van der Waals surface area (Å²) in [7, 11) is 0. The Bertz CT molecular complexity index is 608. The third-order valence-electron chi connectivity index (χ3n) is 3.26. The van der Waals surface area contributed by atoms with E-state index in [0.717, 1.165) is 22.6 Å². The van der Waals surface area contributed by atoms with Crippen molar-refractivity contribution in [2.45, 2.75) is 0 Å². The highest BCUT2D eigenvalue weighted by Gasteiger charge is 2.44. The van der Waals surface area contributed by atoms with Crippen molar-refractivity contribution >= 4 is 37.2 Å². The molecule has 0 bridgehead atoms. The fraction of sp³-hybridized carbons (Fsp3) is 0.0769. The molecule has 1 atom stereocenters. The van der Waals surface area contributed by atoms with E-state index >= 15 is 0 Å². The predicted octanol–water partition coefficient (Wildman–Crippen LogP) is 3.12. The maximum atomic E-state index is 5.62. The van der Waals surface area contributed by atoms with Gasteiger partial charge in [-0.1, -0.05) is 0 Å². The highest BCUT2D eigenvalue weighted by molar-refractivity contribution is 5.91. The van der Waals surface area contributed by atoms with Crippen LogP contribution < -0.4 is 0 Å². The number of fused-ring (bicyclic) bond motifs is 1. The largest absolute Gasteiger partial charge is 0.466 e. The summed E-state index contributed by atoms with van der Waals surface area (Å²) < 4.78 is 5.62. The first-order valence-corrected chi connectivity index (χ1v) is 5.17. The molecule has 1 unspecified atom stereocenters. The first kappa shape index (κ1) is 12.9. The van der Waals surface area contributed by atoms with Gasteiger partial charge in [-0.15, -0.1) is 24.8 Å². The summed E-state index contributed by atoms with van der Waals surface area (Å²) in [4.78, 5) is 8.54. The molecule has 0 aromatic carbocycles. The zero-order valence-electron chi connectivity index (χ0n) is 9.24. The van der Waals surface area contributed by atoms with Crippen molar-refractivity contribution in [2.24, 2.45) is 15.4 Å². The molecule has 0 N–H and O–H groups in total. The predicted molar refractivity (Wildman–Crippen MR) is 76.5 cm³/mol. The van der Waals surface area contributed by atoms with Gasteiger partial charge >= 0.3 is 0 Å². The van der Waals surface area contributed by atoms with E-state index in [9.17, 15) is 0 Å². The Hall–Kier alpha value is -1.58. The maximum absolute atomic E-state index is 5.62. The van der Waals surface area contributed by atoms with Crippen molar-refractivity contribution in [3.05, 3.63) is 59.4 Å². The van der Waals surface area contributed by atoms with Gasteiger partial charge in [0.25, 0.3) is 0 Å². The van der Waals surface area contributed by atoms with Crippen molar-refractivity contribution in [2.75, 3.05) is 0 Å². The van der Waals surface area contributed by atoms with Gasteiger partial charge in [-0.3, -0.25) is 9.98 Å². The average Bonchev–Trinajstić information content (AvgIpc) is 2.90. The van der Waals surface area contributed by atoms with Crippen LogP contribution in [0.2, 0.25) is 0 Å². The molecule has 0 aromatic rings. The summed E-state index contributed by atoms with van der Waals surface area (Å²) in [5.41, 5.74) is 2.91. The summed E-state index contributed by atoms with van der Waals surface area (Å²) in [6.07, 6.45) is 15.5. The van der Waals surface area contributed by atoms with Gasteiger partial charge in [0.15, 0.2) is 0 Å². The van der Waals surface area contributed by atoms with Crippen LogP contribution >= 0.6 is 24.8 Å². The minimum atomic E-state index is -0.268. The minimum absolute atomic E-state index is 0. The fourth-order valence-electron chi connectivity index (χ4n) is 2.46. The molecule has 3 aliphatic heterocycles. The number of hydrogen-bond acceptors (Lipinski definition) is 3. The zero-order chi connectivity index (χ0) is 10.6. The second-order valence-electron chi connectivity index (χ2n) is 4.06. The van der Waals surface area contributed by atoms with Crippen LogP contribution in [0.4, 0.5) is 0 Å². The van der Waals surface area contributed by atoms with E-state index in [4.69, 9.17) is 4.74 Å². The lowest BCUT2D eigenvalue weighted by molar-refractivity contribution is 0.324. The Morgan fingerprint density at radius 3 is 2.94 bits per heavy atom. The van der Waals surface area contributed by atoms with Crippen LogP contribution in [0.1, 0.15) is 0 Å². The lowest BCUT2D eigenvalue weighted by Crippen LogP contribution is -2.25. The van der Waals surface area contributed by atoms with Gasteiger partial charge in [-0.25, -0.2) is 0 Å². The number of nitrogens with zero attached hydrogens (tertiary/aromatic N) is 2. The molecule has 0 fully saturated rings. The van der Waals surface area contributed by atoms with Crippen LogP contribution in [0.5, 0.6) is 0 Å². The van der Waals surface area contributed by atoms with Gasteiger partial charge in [0.2, 0.25) is 0 Å². The second-order valence-corrected chi connectivity index (χ2v) is 4.06. The molecule has 0 saturated heterocycles. The third kappa shape index (κ3) is 1.38. The van der Waals surface area contributed by atoms with E-state index in [-0.39, 0.29) is 30.2 Å². The second kappa shape index (κ2) is 4.26. The first-order chi connectivity index (χ1) is 7.90. The van der Waals surface area contributed by atoms with Gasteiger partial charge < -0.3 is 4.74 Å². The van der Waals surface area contributed by atoms with Gasteiger partial charge in [0, 0.05) is 24.2 Å². The highest BCUT2D eigenvalue weighted by atomic mass is 35.5. The number of ether oxygens (including phenoxy) is 1. The molecule has 0 amide bonds. The lowest BCUT2D eigenvalue weighted by Gasteiger charge is -2.31. The highest BCUT2D eigenvalue weighted by Crippen LogP contribution is 2.50. The van der Waals surface area contributed by atoms with Crippen molar-refractivity contribution in [1.29, 1.82) is 0 Å². The van der Waals surface area contributed by atoms with E-state index in [1.807, 2.05) is 30.8 Å². The van der Waals surface area contributed by atoms with Crippen molar-refractivity contribution < 1.29 is 4.74 Å². The molecular weight excluding hydrogens is 271 g/mol. The molecule has 0 saturated carbocycles. The minimum Gasteiger partial charge on any atom is -0.466 e. The molecular formula is C13H10Cl2N2O. The average molecular weight is 281 g/mol. The smallest absolute Gasteiger partial charge is 0.148 e. The Morgan fingerprint density at radius 1 is 1.17 bits per heavy atom. The van der Waals surface area contributed by atoms with Gasteiger partial charge in [-0.2, -0.15) is 0 Å². The molecule has 3 heterocycles. The van der Waals surface area contributed by atoms with Crippen LogP contribution in [-0.2, 0) is 4.74 Å². The normalized spacial score (nSPS) is 28.4. The molecule has 4 rings (SSSR count). The zero-order valence-corrected chi connectivity index (χ0v) is 10.9. The molecule has 3 nitrogen and oxygen atoms in total. The molecule has 1 spiro atoms. The Balaban J connectivity index is 0.000000602. The summed E-state index contributed by atoms with van der Waals surface area (Å²) in [6.45, 7) is 0. The number of hydrogen-bond donors (Lipinski definition) is 0. The molecule has 18 heavy (non-hydrogen) atoms. The monoisotopic (exact) mass is 280 g/mol. The van der Waals surface area contributed by atoms with E-state index in [1.54, 1.807) is 6.26 Å². The lowest BCUT2D eigenvalue weighted by atomic mass is 9.73. The van der Waals surface area contributed by atoms with Crippen molar-refractivity contribution in [3.63, 3.8) is 0 Å². The standard InChI is InChI=1S/C13H8N2O.2ClH/c1-4-15-11-9(1)7-10-8-14-5-2-13(10)3-6-16-12(11)13;;/h1-8H;2*1H. The molecule has 1 aliphatic carbocycles. The van der Waals surface area contributed by atoms with Gasteiger partial charge in [0.05, 0.1) is 11.7 Å². The number of rotatable bonds is 0.